The molecular weight excluding hydrogens is 340 g/mol. The second-order valence-corrected chi connectivity index (χ2v) is 6.67. The fraction of sp³-hybridized carbons (Fsp3) is 0.316. The molecular formula is C19H19BrO2. The Hall–Kier alpha value is -1.61. The number of carbonyl (C=O) groups excluding carboxylic acids is 1. The molecule has 1 fully saturated rings. The van der Waals surface area contributed by atoms with Crippen LogP contribution >= 0.6 is 15.9 Å². The number of carbonyl (C=O) groups is 1. The first-order chi connectivity index (χ1) is 10.7. The number of halogens is 1. The highest BCUT2D eigenvalue weighted by molar-refractivity contribution is 9.10. The van der Waals surface area contributed by atoms with Gasteiger partial charge in [0, 0.05) is 4.47 Å². The van der Waals surface area contributed by atoms with Crippen molar-refractivity contribution in [2.24, 2.45) is 0 Å². The molecule has 0 amide bonds. The minimum Gasteiger partial charge on any atom is -0.459 e. The van der Waals surface area contributed by atoms with Crippen LogP contribution < -0.4 is 0 Å². The Bertz CT molecular complexity index is 625. The highest BCUT2D eigenvalue weighted by Gasteiger charge is 2.18. The maximum absolute atomic E-state index is 12.2. The lowest BCUT2D eigenvalue weighted by molar-refractivity contribution is 0.0211. The third-order valence-corrected chi connectivity index (χ3v) is 4.65. The lowest BCUT2D eigenvalue weighted by Gasteiger charge is -2.21. The fourth-order valence-corrected chi connectivity index (χ4v) is 3.11. The van der Waals surface area contributed by atoms with Crippen molar-refractivity contribution < 1.29 is 9.53 Å². The van der Waals surface area contributed by atoms with Gasteiger partial charge in [-0.25, -0.2) is 4.79 Å². The Kier molecular flexibility index (Phi) is 4.94. The van der Waals surface area contributed by atoms with E-state index in [1.165, 1.54) is 19.3 Å². The number of esters is 1. The largest absolute Gasteiger partial charge is 0.459 e. The molecule has 1 aliphatic carbocycles. The van der Waals surface area contributed by atoms with Crippen molar-refractivity contribution in [1.29, 1.82) is 0 Å². The van der Waals surface area contributed by atoms with Crippen LogP contribution in [0.4, 0.5) is 0 Å². The van der Waals surface area contributed by atoms with Gasteiger partial charge in [-0.15, -0.1) is 0 Å². The summed E-state index contributed by atoms with van der Waals surface area (Å²) < 4.78 is 6.65. The number of ether oxygens (including phenoxy) is 1. The van der Waals surface area contributed by atoms with E-state index in [4.69, 9.17) is 4.74 Å². The molecule has 0 spiro atoms. The first-order valence-corrected chi connectivity index (χ1v) is 8.59. The summed E-state index contributed by atoms with van der Waals surface area (Å²) in [6, 6.07) is 15.8. The van der Waals surface area contributed by atoms with Crippen LogP contribution in [0.15, 0.2) is 53.0 Å². The van der Waals surface area contributed by atoms with E-state index < -0.39 is 0 Å². The first-order valence-electron chi connectivity index (χ1n) is 7.79. The standard InChI is InChI=1S/C19H19BrO2/c20-17-12-10-15(11-13-17)14-6-8-16(9-7-14)19(21)22-18-4-2-1-3-5-18/h6-13,18H,1-5H2. The second-order valence-electron chi connectivity index (χ2n) is 5.75. The van der Waals surface area contributed by atoms with Crippen LogP contribution in [0.25, 0.3) is 11.1 Å². The minimum absolute atomic E-state index is 0.104. The maximum atomic E-state index is 12.2. The predicted octanol–water partition coefficient (Wildman–Crippen LogP) is 5.61. The average Bonchev–Trinajstić information content (AvgIpc) is 2.57. The van der Waals surface area contributed by atoms with Crippen molar-refractivity contribution in [2.45, 2.75) is 38.2 Å². The molecule has 2 aromatic carbocycles. The monoisotopic (exact) mass is 358 g/mol. The number of hydrogen-bond donors (Lipinski definition) is 0. The summed E-state index contributed by atoms with van der Waals surface area (Å²) in [6.45, 7) is 0. The van der Waals surface area contributed by atoms with Gasteiger partial charge >= 0.3 is 5.97 Å². The number of hydrogen-bond acceptors (Lipinski definition) is 2. The summed E-state index contributed by atoms with van der Waals surface area (Å²) >= 11 is 3.43. The van der Waals surface area contributed by atoms with Crippen molar-refractivity contribution in [3.63, 3.8) is 0 Å². The molecule has 22 heavy (non-hydrogen) atoms. The van der Waals surface area contributed by atoms with E-state index in [9.17, 15) is 4.79 Å². The molecule has 0 radical (unpaired) electrons. The number of rotatable bonds is 3. The second kappa shape index (κ2) is 7.10. The van der Waals surface area contributed by atoms with E-state index in [0.717, 1.165) is 28.4 Å². The van der Waals surface area contributed by atoms with Crippen molar-refractivity contribution in [3.8, 4) is 11.1 Å². The van der Waals surface area contributed by atoms with Crippen LogP contribution in [-0.4, -0.2) is 12.1 Å². The zero-order valence-corrected chi connectivity index (χ0v) is 14.0. The molecule has 114 valence electrons. The molecule has 1 saturated carbocycles. The van der Waals surface area contributed by atoms with E-state index in [1.807, 2.05) is 36.4 Å². The molecule has 3 heteroatoms. The van der Waals surface area contributed by atoms with Crippen LogP contribution in [-0.2, 0) is 4.74 Å². The fourth-order valence-electron chi connectivity index (χ4n) is 2.84. The van der Waals surface area contributed by atoms with Gasteiger partial charge in [-0.1, -0.05) is 46.6 Å². The Morgan fingerprint density at radius 3 is 2.00 bits per heavy atom. The van der Waals surface area contributed by atoms with Crippen LogP contribution in [0.5, 0.6) is 0 Å². The summed E-state index contributed by atoms with van der Waals surface area (Å²) in [4.78, 5) is 12.2. The van der Waals surface area contributed by atoms with E-state index in [2.05, 4.69) is 28.1 Å². The zero-order chi connectivity index (χ0) is 15.4. The van der Waals surface area contributed by atoms with Gasteiger partial charge in [0.15, 0.2) is 0 Å². The third-order valence-electron chi connectivity index (χ3n) is 4.12. The molecule has 0 aromatic heterocycles. The highest BCUT2D eigenvalue weighted by atomic mass is 79.9. The maximum Gasteiger partial charge on any atom is 0.338 e. The summed E-state index contributed by atoms with van der Waals surface area (Å²) in [5.74, 6) is -0.200. The van der Waals surface area contributed by atoms with Crippen molar-refractivity contribution >= 4 is 21.9 Å². The van der Waals surface area contributed by atoms with Gasteiger partial charge in [0.1, 0.15) is 6.10 Å². The quantitative estimate of drug-likeness (QED) is 0.666. The molecule has 0 bridgehead atoms. The Morgan fingerprint density at radius 2 is 1.41 bits per heavy atom. The minimum atomic E-state index is -0.200. The lowest BCUT2D eigenvalue weighted by Crippen LogP contribution is -2.20. The molecule has 1 aliphatic rings. The molecule has 0 unspecified atom stereocenters. The van der Waals surface area contributed by atoms with Gasteiger partial charge in [0.05, 0.1) is 5.56 Å². The van der Waals surface area contributed by atoms with Gasteiger partial charge in [0.2, 0.25) is 0 Å². The molecule has 0 saturated heterocycles. The van der Waals surface area contributed by atoms with Gasteiger partial charge in [0.25, 0.3) is 0 Å². The Labute approximate surface area is 139 Å². The van der Waals surface area contributed by atoms with Crippen molar-refractivity contribution in [1.82, 2.24) is 0 Å². The van der Waals surface area contributed by atoms with E-state index in [0.29, 0.717) is 5.56 Å². The summed E-state index contributed by atoms with van der Waals surface area (Å²) in [7, 11) is 0. The number of benzene rings is 2. The van der Waals surface area contributed by atoms with Crippen LogP contribution in [0.2, 0.25) is 0 Å². The summed E-state index contributed by atoms with van der Waals surface area (Å²) in [6.07, 6.45) is 5.70. The summed E-state index contributed by atoms with van der Waals surface area (Å²) in [5.41, 5.74) is 2.86. The lowest BCUT2D eigenvalue weighted by atomic mass is 9.98. The van der Waals surface area contributed by atoms with Crippen LogP contribution in [0.1, 0.15) is 42.5 Å². The highest BCUT2D eigenvalue weighted by Crippen LogP contribution is 2.24. The molecule has 0 aliphatic heterocycles. The average molecular weight is 359 g/mol. The van der Waals surface area contributed by atoms with Crippen molar-refractivity contribution in [3.05, 3.63) is 58.6 Å². The molecule has 2 aromatic rings. The first kappa shape index (κ1) is 15.3. The van der Waals surface area contributed by atoms with E-state index in [-0.39, 0.29) is 12.1 Å². The Morgan fingerprint density at radius 1 is 0.864 bits per heavy atom. The zero-order valence-electron chi connectivity index (χ0n) is 12.4. The van der Waals surface area contributed by atoms with Crippen LogP contribution in [0, 0.1) is 0 Å². The van der Waals surface area contributed by atoms with Gasteiger partial charge in [-0.3, -0.25) is 0 Å². The molecule has 0 N–H and O–H groups in total. The molecule has 0 atom stereocenters. The molecule has 2 nitrogen and oxygen atoms in total. The SMILES string of the molecule is O=C(OC1CCCCC1)c1ccc(-c2ccc(Br)cc2)cc1. The molecule has 3 rings (SSSR count). The summed E-state index contributed by atoms with van der Waals surface area (Å²) in [5, 5.41) is 0. The van der Waals surface area contributed by atoms with Crippen molar-refractivity contribution in [2.75, 3.05) is 0 Å². The molecule has 0 heterocycles. The van der Waals surface area contributed by atoms with E-state index >= 15 is 0 Å². The van der Waals surface area contributed by atoms with Gasteiger partial charge in [-0.2, -0.15) is 0 Å². The Balaban J connectivity index is 1.68. The van der Waals surface area contributed by atoms with Gasteiger partial charge < -0.3 is 4.74 Å². The third kappa shape index (κ3) is 3.77. The van der Waals surface area contributed by atoms with Crippen LogP contribution in [0.3, 0.4) is 0 Å². The topological polar surface area (TPSA) is 26.3 Å². The normalized spacial score (nSPS) is 15.5. The van der Waals surface area contributed by atoms with Gasteiger partial charge in [-0.05, 0) is 61.1 Å². The smallest absolute Gasteiger partial charge is 0.338 e. The predicted molar refractivity (Wildman–Crippen MR) is 91.9 cm³/mol. The van der Waals surface area contributed by atoms with E-state index in [1.54, 1.807) is 0 Å².